The maximum Gasteiger partial charge on any atom is 0.123 e. The lowest BCUT2D eigenvalue weighted by Crippen LogP contribution is -2.47. The molecule has 1 aliphatic carbocycles. The molecule has 3 aliphatic rings. The maximum atomic E-state index is 13.0. The van der Waals surface area contributed by atoms with Crippen LogP contribution in [0.25, 0.3) is 0 Å². The fraction of sp³-hybridized carbons (Fsp3) is 0.455. The van der Waals surface area contributed by atoms with Crippen molar-refractivity contribution in [2.45, 2.75) is 31.3 Å². The van der Waals surface area contributed by atoms with Crippen LogP contribution in [0.1, 0.15) is 41.6 Å². The van der Waals surface area contributed by atoms with E-state index in [1.807, 2.05) is 0 Å². The lowest BCUT2D eigenvalue weighted by molar-refractivity contribution is 0.0459. The first-order chi connectivity index (χ1) is 12.8. The monoisotopic (exact) mass is 352 g/mol. The molecule has 26 heavy (non-hydrogen) atoms. The quantitative estimate of drug-likeness (QED) is 0.828. The first kappa shape index (κ1) is 16.3. The van der Waals surface area contributed by atoms with Gasteiger partial charge in [0, 0.05) is 38.3 Å². The van der Waals surface area contributed by atoms with Crippen LogP contribution in [0.4, 0.5) is 4.39 Å². The van der Waals surface area contributed by atoms with Crippen LogP contribution < -0.4 is 4.74 Å². The van der Waals surface area contributed by atoms with E-state index in [-0.39, 0.29) is 5.82 Å². The highest BCUT2D eigenvalue weighted by Crippen LogP contribution is 2.49. The van der Waals surface area contributed by atoms with Crippen molar-refractivity contribution < 1.29 is 9.13 Å². The zero-order valence-corrected chi connectivity index (χ0v) is 15.0. The highest BCUT2D eigenvalue weighted by molar-refractivity contribution is 5.45. The third-order valence-corrected chi connectivity index (χ3v) is 6.24. The Bertz CT molecular complexity index is 791. The van der Waals surface area contributed by atoms with Crippen LogP contribution in [0, 0.1) is 5.82 Å². The summed E-state index contributed by atoms with van der Waals surface area (Å²) in [5.74, 6) is 0.520. The fourth-order valence-electron chi connectivity index (χ4n) is 5.04. The Hall–Kier alpha value is -1.91. The van der Waals surface area contributed by atoms with Crippen LogP contribution in [0.5, 0.6) is 5.75 Å². The van der Waals surface area contributed by atoms with Crippen molar-refractivity contribution in [2.24, 2.45) is 0 Å². The summed E-state index contributed by atoms with van der Waals surface area (Å²) in [7, 11) is 0. The minimum Gasteiger partial charge on any atom is -0.492 e. The zero-order chi connectivity index (χ0) is 17.5. The highest BCUT2D eigenvalue weighted by atomic mass is 19.1. The van der Waals surface area contributed by atoms with E-state index >= 15 is 0 Å². The highest BCUT2D eigenvalue weighted by Gasteiger charge is 2.43. The van der Waals surface area contributed by atoms with Gasteiger partial charge in [0.25, 0.3) is 0 Å². The summed E-state index contributed by atoms with van der Waals surface area (Å²) in [4.78, 5) is 5.26. The van der Waals surface area contributed by atoms with Gasteiger partial charge in [0.05, 0.1) is 0 Å². The number of piperazine rings is 1. The maximum absolute atomic E-state index is 13.0. The summed E-state index contributed by atoms with van der Waals surface area (Å²) in [5, 5.41) is 0. The van der Waals surface area contributed by atoms with Gasteiger partial charge in [-0.25, -0.2) is 4.39 Å². The van der Waals surface area contributed by atoms with E-state index in [1.54, 1.807) is 28.8 Å². The van der Waals surface area contributed by atoms with E-state index in [2.05, 4.69) is 28.0 Å². The molecule has 4 heteroatoms. The third kappa shape index (κ3) is 2.81. The first-order valence-corrected chi connectivity index (χ1v) is 9.78. The number of hydrogen-bond donors (Lipinski definition) is 0. The second-order valence-corrected chi connectivity index (χ2v) is 7.68. The summed E-state index contributed by atoms with van der Waals surface area (Å²) >= 11 is 0. The van der Waals surface area contributed by atoms with Gasteiger partial charge in [0.2, 0.25) is 0 Å². The normalized spacial score (nSPS) is 25.0. The standard InChI is InChI=1S/C22H25FN2O/c23-17-7-9-18(10-8-17)26-14-13-24-11-12-25-20-6-2-4-16-3-1-5-19(22(16)20)21(25)15-24/h1,3,5,7-10,20-21H,2,4,6,11-15H2. The van der Waals surface area contributed by atoms with Crippen molar-refractivity contribution in [3.8, 4) is 5.75 Å². The van der Waals surface area contributed by atoms with Crippen molar-refractivity contribution in [1.29, 1.82) is 0 Å². The van der Waals surface area contributed by atoms with Crippen molar-refractivity contribution >= 4 is 0 Å². The Morgan fingerprint density at radius 1 is 1.04 bits per heavy atom. The molecule has 1 fully saturated rings. The van der Waals surface area contributed by atoms with E-state index in [0.29, 0.717) is 18.7 Å². The Labute approximate surface area is 154 Å². The van der Waals surface area contributed by atoms with Gasteiger partial charge >= 0.3 is 0 Å². The van der Waals surface area contributed by atoms with Gasteiger partial charge < -0.3 is 4.74 Å². The average Bonchev–Trinajstić information content (AvgIpc) is 2.99. The predicted octanol–water partition coefficient (Wildman–Crippen LogP) is 3.95. The van der Waals surface area contributed by atoms with Gasteiger partial charge in [-0.05, 0) is 60.2 Å². The zero-order valence-electron chi connectivity index (χ0n) is 15.0. The molecule has 3 nitrogen and oxygen atoms in total. The van der Waals surface area contributed by atoms with E-state index < -0.39 is 0 Å². The lowest BCUT2D eigenvalue weighted by atomic mass is 9.86. The molecular weight excluding hydrogens is 327 g/mol. The predicted molar refractivity (Wildman–Crippen MR) is 99.9 cm³/mol. The van der Waals surface area contributed by atoms with Crippen LogP contribution >= 0.6 is 0 Å². The second kappa shape index (κ2) is 6.67. The van der Waals surface area contributed by atoms with Crippen molar-refractivity contribution in [3.63, 3.8) is 0 Å². The molecule has 0 amide bonds. The SMILES string of the molecule is Fc1ccc(OCCN2CCN3C(C2)c2cccc4c2C3CCC4)cc1. The summed E-state index contributed by atoms with van der Waals surface area (Å²) in [5.41, 5.74) is 4.80. The third-order valence-electron chi connectivity index (χ3n) is 6.24. The van der Waals surface area contributed by atoms with E-state index in [1.165, 1.54) is 31.4 Å². The van der Waals surface area contributed by atoms with Gasteiger partial charge in [0.1, 0.15) is 18.2 Å². The molecule has 0 N–H and O–H groups in total. The molecule has 5 rings (SSSR count). The van der Waals surface area contributed by atoms with Crippen molar-refractivity contribution in [3.05, 3.63) is 65.0 Å². The molecule has 0 radical (unpaired) electrons. The Morgan fingerprint density at radius 3 is 2.81 bits per heavy atom. The van der Waals surface area contributed by atoms with Crippen LogP contribution in [-0.2, 0) is 6.42 Å². The van der Waals surface area contributed by atoms with Crippen LogP contribution in [0.3, 0.4) is 0 Å². The van der Waals surface area contributed by atoms with E-state index in [0.717, 1.165) is 31.9 Å². The molecule has 0 aromatic heterocycles. The molecule has 0 saturated carbocycles. The molecule has 136 valence electrons. The van der Waals surface area contributed by atoms with Crippen molar-refractivity contribution in [1.82, 2.24) is 9.80 Å². The number of fused-ring (bicyclic) bond motifs is 3. The average molecular weight is 352 g/mol. The van der Waals surface area contributed by atoms with Gasteiger partial charge in [-0.3, -0.25) is 9.80 Å². The molecule has 2 aromatic rings. The second-order valence-electron chi connectivity index (χ2n) is 7.68. The molecule has 0 spiro atoms. The number of halogens is 1. The summed E-state index contributed by atoms with van der Waals surface area (Å²) in [6.45, 7) is 4.89. The lowest BCUT2D eigenvalue weighted by Gasteiger charge is -2.40. The Kier molecular flexibility index (Phi) is 4.18. The number of hydrogen-bond acceptors (Lipinski definition) is 3. The number of nitrogens with zero attached hydrogens (tertiary/aromatic N) is 2. The van der Waals surface area contributed by atoms with Gasteiger partial charge in [-0.2, -0.15) is 0 Å². The number of benzene rings is 2. The molecule has 2 unspecified atom stereocenters. The van der Waals surface area contributed by atoms with Gasteiger partial charge in [-0.15, -0.1) is 0 Å². The van der Waals surface area contributed by atoms with Crippen LogP contribution in [0.15, 0.2) is 42.5 Å². The topological polar surface area (TPSA) is 15.7 Å². The molecule has 2 aromatic carbocycles. The molecule has 1 saturated heterocycles. The Balaban J connectivity index is 1.24. The van der Waals surface area contributed by atoms with Gasteiger partial charge in [-0.1, -0.05) is 18.2 Å². The largest absolute Gasteiger partial charge is 0.492 e. The Morgan fingerprint density at radius 2 is 1.92 bits per heavy atom. The molecule has 2 aliphatic heterocycles. The molecule has 2 heterocycles. The van der Waals surface area contributed by atoms with Crippen molar-refractivity contribution in [2.75, 3.05) is 32.8 Å². The van der Waals surface area contributed by atoms with Gasteiger partial charge in [0.15, 0.2) is 0 Å². The smallest absolute Gasteiger partial charge is 0.123 e. The summed E-state index contributed by atoms with van der Waals surface area (Å²) in [6.07, 6.45) is 3.88. The first-order valence-electron chi connectivity index (χ1n) is 9.78. The van der Waals surface area contributed by atoms with E-state index in [4.69, 9.17) is 4.74 Å². The minimum absolute atomic E-state index is 0.223. The number of ether oxygens (including phenoxy) is 1. The molecular formula is C22H25FN2O. The number of rotatable bonds is 4. The van der Waals surface area contributed by atoms with Crippen LogP contribution in [0.2, 0.25) is 0 Å². The fourth-order valence-corrected chi connectivity index (χ4v) is 5.04. The molecule has 2 atom stereocenters. The van der Waals surface area contributed by atoms with Crippen LogP contribution in [-0.4, -0.2) is 42.6 Å². The summed E-state index contributed by atoms with van der Waals surface area (Å²) in [6, 6.07) is 14.4. The minimum atomic E-state index is -0.223. The van der Waals surface area contributed by atoms with E-state index in [9.17, 15) is 4.39 Å². The molecule has 0 bridgehead atoms. The summed E-state index contributed by atoms with van der Waals surface area (Å²) < 4.78 is 18.8. The number of aryl methyl sites for hydroxylation is 1.